The summed E-state index contributed by atoms with van der Waals surface area (Å²) in [5.41, 5.74) is 0. The Morgan fingerprint density at radius 2 is 2.07 bits per heavy atom. The average molecular weight is 202 g/mol. The van der Waals surface area contributed by atoms with E-state index in [2.05, 4.69) is 10.6 Å². The summed E-state index contributed by atoms with van der Waals surface area (Å²) in [5, 5.41) is 14.1. The second-order valence-corrected chi connectivity index (χ2v) is 3.15. The van der Waals surface area contributed by atoms with Crippen molar-refractivity contribution in [3.63, 3.8) is 0 Å². The van der Waals surface area contributed by atoms with Gasteiger partial charge in [-0.15, -0.1) is 0 Å². The van der Waals surface area contributed by atoms with Crippen molar-refractivity contribution in [2.75, 3.05) is 19.6 Å². The lowest BCUT2D eigenvalue weighted by Crippen LogP contribution is -2.33. The van der Waals surface area contributed by atoms with E-state index in [0.29, 0.717) is 13.0 Å². The topological polar surface area (TPSA) is 78.4 Å². The average Bonchev–Trinajstić information content (AvgIpc) is 2.14. The summed E-state index contributed by atoms with van der Waals surface area (Å²) in [7, 11) is 0. The Balaban J connectivity index is 3.48. The van der Waals surface area contributed by atoms with Gasteiger partial charge in [-0.25, -0.2) is 0 Å². The van der Waals surface area contributed by atoms with Gasteiger partial charge in [0.05, 0.1) is 5.92 Å². The van der Waals surface area contributed by atoms with Crippen LogP contribution in [0, 0.1) is 5.92 Å². The van der Waals surface area contributed by atoms with Gasteiger partial charge in [-0.1, -0.05) is 13.8 Å². The number of amides is 1. The molecule has 0 aromatic carbocycles. The molecule has 5 nitrogen and oxygen atoms in total. The maximum Gasteiger partial charge on any atom is 0.308 e. The van der Waals surface area contributed by atoms with E-state index in [1.54, 1.807) is 6.92 Å². The zero-order chi connectivity index (χ0) is 11.0. The highest BCUT2D eigenvalue weighted by molar-refractivity contribution is 5.77. The van der Waals surface area contributed by atoms with Crippen LogP contribution in [0.5, 0.6) is 0 Å². The van der Waals surface area contributed by atoms with Crippen LogP contribution in [0.3, 0.4) is 0 Å². The van der Waals surface area contributed by atoms with Crippen LogP contribution in [0.1, 0.15) is 20.3 Å². The van der Waals surface area contributed by atoms with Crippen LogP contribution < -0.4 is 10.6 Å². The summed E-state index contributed by atoms with van der Waals surface area (Å²) in [6.45, 7) is 5.18. The van der Waals surface area contributed by atoms with Gasteiger partial charge in [0, 0.05) is 19.5 Å². The Hall–Kier alpha value is -1.10. The lowest BCUT2D eigenvalue weighted by atomic mass is 10.2. The molecule has 82 valence electrons. The largest absolute Gasteiger partial charge is 0.481 e. The van der Waals surface area contributed by atoms with Gasteiger partial charge >= 0.3 is 5.97 Å². The van der Waals surface area contributed by atoms with Gasteiger partial charge in [-0.2, -0.15) is 0 Å². The number of carboxylic acids is 1. The fourth-order valence-corrected chi connectivity index (χ4v) is 0.821. The summed E-state index contributed by atoms with van der Waals surface area (Å²) in [4.78, 5) is 21.5. The smallest absolute Gasteiger partial charge is 0.308 e. The Morgan fingerprint density at radius 3 is 2.57 bits per heavy atom. The van der Waals surface area contributed by atoms with E-state index in [1.165, 1.54) is 0 Å². The van der Waals surface area contributed by atoms with Gasteiger partial charge in [0.25, 0.3) is 0 Å². The molecule has 0 aliphatic heterocycles. The first kappa shape index (κ1) is 12.9. The van der Waals surface area contributed by atoms with E-state index in [9.17, 15) is 9.59 Å². The maximum absolute atomic E-state index is 11.1. The molecule has 5 heteroatoms. The first-order chi connectivity index (χ1) is 6.57. The first-order valence-corrected chi connectivity index (χ1v) is 4.78. The highest BCUT2D eigenvalue weighted by atomic mass is 16.4. The lowest BCUT2D eigenvalue weighted by molar-refractivity contribution is -0.141. The molecule has 0 bridgehead atoms. The van der Waals surface area contributed by atoms with E-state index in [1.807, 2.05) is 6.92 Å². The molecule has 1 atom stereocenters. The van der Waals surface area contributed by atoms with Crippen molar-refractivity contribution < 1.29 is 14.7 Å². The quantitative estimate of drug-likeness (QED) is 0.500. The van der Waals surface area contributed by atoms with E-state index < -0.39 is 11.9 Å². The van der Waals surface area contributed by atoms with Crippen LogP contribution in [0.15, 0.2) is 0 Å². The maximum atomic E-state index is 11.1. The van der Waals surface area contributed by atoms with Crippen LogP contribution in [0.25, 0.3) is 0 Å². The van der Waals surface area contributed by atoms with Gasteiger partial charge in [-0.3, -0.25) is 9.59 Å². The summed E-state index contributed by atoms with van der Waals surface area (Å²) in [6, 6.07) is 0. The Bertz CT molecular complexity index is 194. The summed E-state index contributed by atoms with van der Waals surface area (Å²) in [6.07, 6.45) is 0.389. The van der Waals surface area contributed by atoms with E-state index in [4.69, 9.17) is 5.11 Å². The van der Waals surface area contributed by atoms with E-state index >= 15 is 0 Å². The third kappa shape index (κ3) is 6.42. The molecule has 0 radical (unpaired) electrons. The zero-order valence-corrected chi connectivity index (χ0v) is 8.67. The van der Waals surface area contributed by atoms with Crippen LogP contribution in [0.4, 0.5) is 0 Å². The summed E-state index contributed by atoms with van der Waals surface area (Å²) >= 11 is 0. The van der Waals surface area contributed by atoms with Crippen molar-refractivity contribution in [1.82, 2.24) is 10.6 Å². The Labute approximate surface area is 83.9 Å². The normalized spacial score (nSPS) is 12.1. The molecule has 0 aromatic heterocycles. The fraction of sp³-hybridized carbons (Fsp3) is 0.778. The van der Waals surface area contributed by atoms with Crippen molar-refractivity contribution in [2.45, 2.75) is 20.3 Å². The standard InChI is InChI=1S/C9H18N2O3/c1-3-10-5-4-8(12)11-6-7(2)9(13)14/h7,10H,3-6H2,1-2H3,(H,11,12)(H,13,14). The third-order valence-corrected chi connectivity index (χ3v) is 1.81. The molecule has 0 spiro atoms. The van der Waals surface area contributed by atoms with Crippen LogP contribution >= 0.6 is 0 Å². The van der Waals surface area contributed by atoms with Gasteiger partial charge in [0.2, 0.25) is 5.91 Å². The number of nitrogens with one attached hydrogen (secondary N) is 2. The third-order valence-electron chi connectivity index (χ3n) is 1.81. The summed E-state index contributed by atoms with van der Waals surface area (Å²) < 4.78 is 0. The highest BCUT2D eigenvalue weighted by Crippen LogP contribution is 1.91. The molecule has 0 rings (SSSR count). The van der Waals surface area contributed by atoms with Crippen LogP contribution in [-0.4, -0.2) is 36.6 Å². The SMILES string of the molecule is CCNCCC(=O)NCC(C)C(=O)O. The van der Waals surface area contributed by atoms with Gasteiger partial charge in [0.15, 0.2) is 0 Å². The molecule has 14 heavy (non-hydrogen) atoms. The van der Waals surface area contributed by atoms with E-state index in [0.717, 1.165) is 6.54 Å². The lowest BCUT2D eigenvalue weighted by Gasteiger charge is -2.08. The molecule has 0 aliphatic carbocycles. The number of carbonyl (C=O) groups excluding carboxylic acids is 1. The van der Waals surface area contributed by atoms with Crippen LogP contribution in [0.2, 0.25) is 0 Å². The van der Waals surface area contributed by atoms with Crippen molar-refractivity contribution in [3.05, 3.63) is 0 Å². The molecule has 3 N–H and O–H groups in total. The zero-order valence-electron chi connectivity index (χ0n) is 8.67. The number of carboxylic acid groups (broad SMARTS) is 1. The highest BCUT2D eigenvalue weighted by Gasteiger charge is 2.11. The van der Waals surface area contributed by atoms with Crippen molar-refractivity contribution in [3.8, 4) is 0 Å². The molecule has 0 fully saturated rings. The van der Waals surface area contributed by atoms with Crippen molar-refractivity contribution in [2.24, 2.45) is 5.92 Å². The van der Waals surface area contributed by atoms with Gasteiger partial charge in [0.1, 0.15) is 0 Å². The monoisotopic (exact) mass is 202 g/mol. The first-order valence-electron chi connectivity index (χ1n) is 4.78. The van der Waals surface area contributed by atoms with Gasteiger partial charge in [-0.05, 0) is 6.54 Å². The minimum absolute atomic E-state index is 0.112. The molecular formula is C9H18N2O3. The molecule has 0 aliphatic rings. The summed E-state index contributed by atoms with van der Waals surface area (Å²) in [5.74, 6) is -1.53. The second-order valence-electron chi connectivity index (χ2n) is 3.15. The number of hydrogen-bond donors (Lipinski definition) is 3. The Kier molecular flexibility index (Phi) is 6.74. The molecule has 0 heterocycles. The van der Waals surface area contributed by atoms with Gasteiger partial charge < -0.3 is 15.7 Å². The molecule has 1 amide bonds. The molecule has 0 saturated heterocycles. The number of hydrogen-bond acceptors (Lipinski definition) is 3. The second kappa shape index (κ2) is 7.32. The van der Waals surface area contributed by atoms with E-state index in [-0.39, 0.29) is 12.5 Å². The van der Waals surface area contributed by atoms with Crippen LogP contribution in [-0.2, 0) is 9.59 Å². The minimum Gasteiger partial charge on any atom is -0.481 e. The molecular weight excluding hydrogens is 184 g/mol. The fourth-order valence-electron chi connectivity index (χ4n) is 0.821. The molecule has 0 saturated carbocycles. The minimum atomic E-state index is -0.892. The predicted octanol–water partition coefficient (Wildman–Crippen LogP) is -0.177. The van der Waals surface area contributed by atoms with Crippen molar-refractivity contribution >= 4 is 11.9 Å². The number of rotatable bonds is 7. The van der Waals surface area contributed by atoms with Crippen molar-refractivity contribution in [1.29, 1.82) is 0 Å². The Morgan fingerprint density at radius 1 is 1.43 bits per heavy atom. The molecule has 1 unspecified atom stereocenters. The molecule has 0 aromatic rings. The number of carbonyl (C=O) groups is 2. The predicted molar refractivity (Wildman–Crippen MR) is 53.0 cm³/mol. The number of aliphatic carboxylic acids is 1.